The molecule has 0 bridgehead atoms. The maximum absolute atomic E-state index is 5.78. The van der Waals surface area contributed by atoms with E-state index in [1.165, 1.54) is 57.9 Å². The van der Waals surface area contributed by atoms with Crippen molar-refractivity contribution < 1.29 is 4.74 Å². The van der Waals surface area contributed by atoms with E-state index in [4.69, 9.17) is 4.74 Å². The van der Waals surface area contributed by atoms with Gasteiger partial charge in [0.25, 0.3) is 0 Å². The van der Waals surface area contributed by atoms with E-state index in [9.17, 15) is 0 Å². The average Bonchev–Trinajstić information content (AvgIpc) is 2.96. The van der Waals surface area contributed by atoms with E-state index in [2.05, 4.69) is 12.2 Å². The maximum Gasteiger partial charge on any atom is 0.0590 e. The van der Waals surface area contributed by atoms with Crippen LogP contribution < -0.4 is 5.32 Å². The molecule has 1 N–H and O–H groups in total. The largest absolute Gasteiger partial charge is 0.378 e. The first kappa shape index (κ1) is 12.4. The molecule has 16 heavy (non-hydrogen) atoms. The molecule has 0 aromatic rings. The summed E-state index contributed by atoms with van der Waals surface area (Å²) >= 11 is 0. The van der Waals surface area contributed by atoms with E-state index in [0.29, 0.717) is 6.10 Å². The molecule has 2 aliphatic rings. The molecule has 2 unspecified atom stereocenters. The van der Waals surface area contributed by atoms with Gasteiger partial charge in [-0.1, -0.05) is 19.8 Å². The van der Waals surface area contributed by atoms with Crippen LogP contribution in [0, 0.1) is 5.92 Å². The smallest absolute Gasteiger partial charge is 0.0590 e. The Morgan fingerprint density at radius 2 is 2.00 bits per heavy atom. The van der Waals surface area contributed by atoms with Crippen LogP contribution in [0.25, 0.3) is 0 Å². The second kappa shape index (κ2) is 6.61. The second-order valence-electron chi connectivity index (χ2n) is 5.48. The van der Waals surface area contributed by atoms with Crippen molar-refractivity contribution in [2.45, 2.75) is 70.4 Å². The van der Waals surface area contributed by atoms with Crippen LogP contribution in [-0.4, -0.2) is 25.3 Å². The number of rotatable bonds is 6. The lowest BCUT2D eigenvalue weighted by atomic mass is 9.92. The van der Waals surface area contributed by atoms with Crippen molar-refractivity contribution in [1.82, 2.24) is 5.32 Å². The molecule has 1 saturated carbocycles. The van der Waals surface area contributed by atoms with Crippen LogP contribution in [0.1, 0.15) is 58.3 Å². The van der Waals surface area contributed by atoms with Crippen LogP contribution in [-0.2, 0) is 4.74 Å². The Morgan fingerprint density at radius 1 is 1.19 bits per heavy atom. The second-order valence-corrected chi connectivity index (χ2v) is 5.48. The highest BCUT2D eigenvalue weighted by atomic mass is 16.5. The highest BCUT2D eigenvalue weighted by Gasteiger charge is 2.28. The first-order valence-electron chi connectivity index (χ1n) is 7.25. The highest BCUT2D eigenvalue weighted by Crippen LogP contribution is 2.31. The Kier molecular flexibility index (Phi) is 5.11. The van der Waals surface area contributed by atoms with E-state index < -0.39 is 0 Å². The molecular weight excluding hydrogens is 198 g/mol. The third kappa shape index (κ3) is 3.46. The first-order chi connectivity index (χ1) is 7.90. The molecule has 94 valence electrons. The van der Waals surface area contributed by atoms with E-state index in [-0.39, 0.29) is 0 Å². The van der Waals surface area contributed by atoms with Gasteiger partial charge in [-0.25, -0.2) is 0 Å². The Morgan fingerprint density at radius 3 is 2.62 bits per heavy atom. The molecule has 2 rings (SSSR count). The molecule has 1 aliphatic heterocycles. The van der Waals surface area contributed by atoms with Gasteiger partial charge in [0.15, 0.2) is 0 Å². The zero-order valence-corrected chi connectivity index (χ0v) is 10.7. The number of nitrogens with one attached hydrogen (secondary N) is 1. The molecule has 0 radical (unpaired) electrons. The van der Waals surface area contributed by atoms with E-state index in [0.717, 1.165) is 18.6 Å². The van der Waals surface area contributed by atoms with Gasteiger partial charge in [0.05, 0.1) is 6.10 Å². The molecule has 2 nitrogen and oxygen atoms in total. The summed E-state index contributed by atoms with van der Waals surface area (Å²) in [6.07, 6.45) is 11.4. The first-order valence-corrected chi connectivity index (χ1v) is 7.25. The standard InChI is InChI=1S/C14H27NO/c1-2-9-15-14(12-6-3-4-7-12)11-13-8-5-10-16-13/h12-15H,2-11H2,1H3. The van der Waals surface area contributed by atoms with Crippen molar-refractivity contribution in [3.63, 3.8) is 0 Å². The summed E-state index contributed by atoms with van der Waals surface area (Å²) in [5, 5.41) is 3.76. The van der Waals surface area contributed by atoms with Crippen molar-refractivity contribution in [2.75, 3.05) is 13.2 Å². The number of ether oxygens (including phenoxy) is 1. The molecule has 0 aromatic heterocycles. The minimum atomic E-state index is 0.551. The Bertz CT molecular complexity index is 183. The number of hydrogen-bond donors (Lipinski definition) is 1. The molecule has 0 spiro atoms. The quantitative estimate of drug-likeness (QED) is 0.750. The van der Waals surface area contributed by atoms with Gasteiger partial charge in [0, 0.05) is 12.6 Å². The van der Waals surface area contributed by atoms with Crippen LogP contribution in [0.3, 0.4) is 0 Å². The fourth-order valence-electron chi connectivity index (χ4n) is 3.25. The molecular formula is C14H27NO. The number of hydrogen-bond acceptors (Lipinski definition) is 2. The van der Waals surface area contributed by atoms with E-state index in [1.807, 2.05) is 0 Å². The van der Waals surface area contributed by atoms with Crippen LogP contribution in [0.2, 0.25) is 0 Å². The third-order valence-corrected chi connectivity index (χ3v) is 4.17. The van der Waals surface area contributed by atoms with Crippen molar-refractivity contribution >= 4 is 0 Å². The van der Waals surface area contributed by atoms with Gasteiger partial charge in [-0.15, -0.1) is 0 Å². The van der Waals surface area contributed by atoms with Crippen LogP contribution in [0.15, 0.2) is 0 Å². The van der Waals surface area contributed by atoms with Gasteiger partial charge in [0.1, 0.15) is 0 Å². The monoisotopic (exact) mass is 225 g/mol. The molecule has 1 heterocycles. The summed E-state index contributed by atoms with van der Waals surface area (Å²) in [6, 6.07) is 0.727. The summed E-state index contributed by atoms with van der Waals surface area (Å²) in [4.78, 5) is 0. The average molecular weight is 225 g/mol. The summed E-state index contributed by atoms with van der Waals surface area (Å²) in [5.41, 5.74) is 0. The molecule has 2 heteroatoms. The van der Waals surface area contributed by atoms with Crippen LogP contribution in [0.5, 0.6) is 0 Å². The lowest BCUT2D eigenvalue weighted by Gasteiger charge is -2.27. The summed E-state index contributed by atoms with van der Waals surface area (Å²) in [6.45, 7) is 4.43. The predicted molar refractivity (Wildman–Crippen MR) is 67.6 cm³/mol. The fourth-order valence-corrected chi connectivity index (χ4v) is 3.25. The minimum absolute atomic E-state index is 0.551. The Labute approximate surface area is 100 Å². The fraction of sp³-hybridized carbons (Fsp3) is 1.00. The summed E-state index contributed by atoms with van der Waals surface area (Å²) < 4.78 is 5.78. The maximum atomic E-state index is 5.78. The predicted octanol–water partition coefficient (Wildman–Crippen LogP) is 3.11. The Hall–Kier alpha value is -0.0800. The lowest BCUT2D eigenvalue weighted by molar-refractivity contribution is 0.0871. The summed E-state index contributed by atoms with van der Waals surface area (Å²) in [5.74, 6) is 0.927. The molecule has 0 aromatic carbocycles. The zero-order chi connectivity index (χ0) is 11.2. The normalized spacial score (nSPS) is 28.7. The molecule has 1 saturated heterocycles. The molecule has 0 amide bonds. The van der Waals surface area contributed by atoms with Crippen molar-refractivity contribution in [3.8, 4) is 0 Å². The SMILES string of the molecule is CCCNC(CC1CCCO1)C1CCCC1. The third-order valence-electron chi connectivity index (χ3n) is 4.17. The van der Waals surface area contributed by atoms with Crippen molar-refractivity contribution in [1.29, 1.82) is 0 Å². The topological polar surface area (TPSA) is 21.3 Å². The van der Waals surface area contributed by atoms with Crippen LogP contribution in [0.4, 0.5) is 0 Å². The van der Waals surface area contributed by atoms with E-state index >= 15 is 0 Å². The van der Waals surface area contributed by atoms with E-state index in [1.54, 1.807) is 0 Å². The molecule has 2 fully saturated rings. The van der Waals surface area contributed by atoms with Crippen molar-refractivity contribution in [3.05, 3.63) is 0 Å². The molecule has 1 aliphatic carbocycles. The zero-order valence-electron chi connectivity index (χ0n) is 10.7. The van der Waals surface area contributed by atoms with Gasteiger partial charge < -0.3 is 10.1 Å². The van der Waals surface area contributed by atoms with Gasteiger partial charge in [-0.2, -0.15) is 0 Å². The van der Waals surface area contributed by atoms with Crippen LogP contribution >= 0.6 is 0 Å². The summed E-state index contributed by atoms with van der Waals surface area (Å²) in [7, 11) is 0. The van der Waals surface area contributed by atoms with Gasteiger partial charge in [-0.3, -0.25) is 0 Å². The molecule has 2 atom stereocenters. The van der Waals surface area contributed by atoms with Gasteiger partial charge >= 0.3 is 0 Å². The Balaban J connectivity index is 1.80. The van der Waals surface area contributed by atoms with Crippen molar-refractivity contribution in [2.24, 2.45) is 5.92 Å². The van der Waals surface area contributed by atoms with Gasteiger partial charge in [0.2, 0.25) is 0 Å². The van der Waals surface area contributed by atoms with Gasteiger partial charge in [-0.05, 0) is 51.0 Å². The highest BCUT2D eigenvalue weighted by molar-refractivity contribution is 4.84. The lowest BCUT2D eigenvalue weighted by Crippen LogP contribution is -2.38. The minimum Gasteiger partial charge on any atom is -0.378 e.